The summed E-state index contributed by atoms with van der Waals surface area (Å²) < 4.78 is 0. The molecule has 0 radical (unpaired) electrons. The van der Waals surface area contributed by atoms with Gasteiger partial charge in [0, 0.05) is 12.4 Å². The highest BCUT2D eigenvalue weighted by Gasteiger charge is 2.11. The van der Waals surface area contributed by atoms with E-state index in [1.165, 1.54) is 11.3 Å². The fraction of sp³-hybridized carbons (Fsp3) is 0.200. The highest BCUT2D eigenvalue weighted by atomic mass is 35.5. The molecule has 2 heterocycles. The molecule has 0 aromatic carbocycles. The summed E-state index contributed by atoms with van der Waals surface area (Å²) in [5.74, 6) is 0. The molecule has 0 saturated carbocycles. The lowest BCUT2D eigenvalue weighted by Gasteiger charge is -1.98. The van der Waals surface area contributed by atoms with Crippen LogP contribution < -0.4 is 0 Å². The van der Waals surface area contributed by atoms with Gasteiger partial charge < -0.3 is 5.11 Å². The summed E-state index contributed by atoms with van der Waals surface area (Å²) in [5, 5.41) is 10.7. The van der Waals surface area contributed by atoms with Crippen molar-refractivity contribution in [1.82, 2.24) is 9.97 Å². The fourth-order valence-corrected chi connectivity index (χ4v) is 2.26. The summed E-state index contributed by atoms with van der Waals surface area (Å²) in [7, 11) is 0. The summed E-state index contributed by atoms with van der Waals surface area (Å²) in [5.41, 5.74) is 0.663. The van der Waals surface area contributed by atoms with Gasteiger partial charge in [-0.3, -0.25) is 4.98 Å². The Hall–Kier alpha value is -0.970. The number of pyridine rings is 1. The molecule has 5 heteroatoms. The third-order valence-electron chi connectivity index (χ3n) is 1.90. The van der Waals surface area contributed by atoms with Gasteiger partial charge in [0.05, 0.1) is 16.0 Å². The average molecular weight is 241 g/mol. The Labute approximate surface area is 96.4 Å². The van der Waals surface area contributed by atoms with E-state index < -0.39 is 6.10 Å². The Kier molecular flexibility index (Phi) is 3.00. The number of halogens is 1. The van der Waals surface area contributed by atoms with Crippen molar-refractivity contribution in [3.05, 3.63) is 34.4 Å². The van der Waals surface area contributed by atoms with Crippen LogP contribution in [0.5, 0.6) is 0 Å². The summed E-state index contributed by atoms with van der Waals surface area (Å²) >= 11 is 7.39. The summed E-state index contributed by atoms with van der Waals surface area (Å²) in [6.07, 6.45) is 2.82. The minimum absolute atomic E-state index is 0.501. The van der Waals surface area contributed by atoms with E-state index in [9.17, 15) is 5.11 Å². The topological polar surface area (TPSA) is 46.0 Å². The first-order valence-corrected chi connectivity index (χ1v) is 5.62. The molecule has 78 valence electrons. The molecule has 1 unspecified atom stereocenters. The van der Waals surface area contributed by atoms with Gasteiger partial charge in [0.1, 0.15) is 10.7 Å². The largest absolute Gasteiger partial charge is 0.388 e. The van der Waals surface area contributed by atoms with Crippen molar-refractivity contribution in [1.29, 1.82) is 0 Å². The highest BCUT2D eigenvalue weighted by Crippen LogP contribution is 2.31. The molecule has 0 aliphatic carbocycles. The van der Waals surface area contributed by atoms with Crippen molar-refractivity contribution in [2.45, 2.75) is 13.0 Å². The van der Waals surface area contributed by atoms with Crippen LogP contribution in [0.2, 0.25) is 5.02 Å². The average Bonchev–Trinajstić information content (AvgIpc) is 2.67. The molecule has 2 aromatic heterocycles. The van der Waals surface area contributed by atoms with Crippen LogP contribution in [-0.2, 0) is 0 Å². The first kappa shape index (κ1) is 10.5. The first-order chi connectivity index (χ1) is 7.18. The van der Waals surface area contributed by atoms with Crippen LogP contribution in [0.4, 0.5) is 0 Å². The van der Waals surface area contributed by atoms with Crippen LogP contribution in [0.3, 0.4) is 0 Å². The first-order valence-electron chi connectivity index (χ1n) is 4.43. The molecule has 0 saturated heterocycles. The SMILES string of the molecule is CC(O)c1cnc(-c2ncccc2Cl)s1. The lowest BCUT2D eigenvalue weighted by molar-refractivity contribution is 0.203. The molecule has 15 heavy (non-hydrogen) atoms. The summed E-state index contributed by atoms with van der Waals surface area (Å²) in [6, 6.07) is 3.54. The number of nitrogens with zero attached hydrogens (tertiary/aromatic N) is 2. The van der Waals surface area contributed by atoms with Crippen LogP contribution in [0, 0.1) is 0 Å². The zero-order valence-corrected chi connectivity index (χ0v) is 9.59. The molecule has 0 aliphatic rings. The lowest BCUT2D eigenvalue weighted by Crippen LogP contribution is -1.83. The molecule has 2 rings (SSSR count). The van der Waals surface area contributed by atoms with Crippen molar-refractivity contribution in [3.8, 4) is 10.7 Å². The van der Waals surface area contributed by atoms with E-state index in [-0.39, 0.29) is 0 Å². The summed E-state index contributed by atoms with van der Waals surface area (Å²) in [6.45, 7) is 1.71. The lowest BCUT2D eigenvalue weighted by atomic mass is 10.3. The predicted molar refractivity (Wildman–Crippen MR) is 61.0 cm³/mol. The highest BCUT2D eigenvalue weighted by molar-refractivity contribution is 7.15. The van der Waals surface area contributed by atoms with Crippen LogP contribution in [0.1, 0.15) is 17.9 Å². The second kappa shape index (κ2) is 4.26. The molecule has 1 N–H and O–H groups in total. The van der Waals surface area contributed by atoms with E-state index in [1.807, 2.05) is 0 Å². The number of thiazole rings is 1. The third-order valence-corrected chi connectivity index (χ3v) is 3.38. The van der Waals surface area contributed by atoms with Crippen molar-refractivity contribution in [2.75, 3.05) is 0 Å². The van der Waals surface area contributed by atoms with Crippen molar-refractivity contribution in [2.24, 2.45) is 0 Å². The van der Waals surface area contributed by atoms with Crippen LogP contribution in [-0.4, -0.2) is 15.1 Å². The normalized spacial score (nSPS) is 12.7. The van der Waals surface area contributed by atoms with Gasteiger partial charge in [0.2, 0.25) is 0 Å². The van der Waals surface area contributed by atoms with E-state index in [2.05, 4.69) is 9.97 Å². The van der Waals surface area contributed by atoms with Crippen molar-refractivity contribution in [3.63, 3.8) is 0 Å². The van der Waals surface area contributed by atoms with E-state index in [4.69, 9.17) is 11.6 Å². The number of rotatable bonds is 2. The standard InChI is InChI=1S/C10H9ClN2OS/c1-6(14)8-5-13-10(15-8)9-7(11)3-2-4-12-9/h2-6,14H,1H3. The van der Waals surface area contributed by atoms with E-state index in [0.29, 0.717) is 10.7 Å². The quantitative estimate of drug-likeness (QED) is 0.878. The van der Waals surface area contributed by atoms with Crippen molar-refractivity contribution >= 4 is 22.9 Å². The number of hydrogen-bond donors (Lipinski definition) is 1. The van der Waals surface area contributed by atoms with Gasteiger partial charge in [-0.15, -0.1) is 11.3 Å². The Morgan fingerprint density at radius 1 is 1.47 bits per heavy atom. The van der Waals surface area contributed by atoms with Gasteiger partial charge in [-0.25, -0.2) is 4.98 Å². The molecule has 0 amide bonds. The maximum atomic E-state index is 9.37. The summed E-state index contributed by atoms with van der Waals surface area (Å²) in [4.78, 5) is 9.15. The van der Waals surface area contributed by atoms with E-state index in [0.717, 1.165) is 9.88 Å². The van der Waals surface area contributed by atoms with E-state index >= 15 is 0 Å². The molecule has 1 atom stereocenters. The molecule has 0 spiro atoms. The molecule has 2 aromatic rings. The molecular weight excluding hydrogens is 232 g/mol. The van der Waals surface area contributed by atoms with Gasteiger partial charge in [-0.1, -0.05) is 11.6 Å². The van der Waals surface area contributed by atoms with Gasteiger partial charge in [-0.05, 0) is 19.1 Å². The predicted octanol–water partition coefficient (Wildman–Crippen LogP) is 2.91. The van der Waals surface area contributed by atoms with E-state index in [1.54, 1.807) is 31.5 Å². The minimum atomic E-state index is -0.501. The Morgan fingerprint density at radius 3 is 2.87 bits per heavy atom. The van der Waals surface area contributed by atoms with Crippen LogP contribution in [0.15, 0.2) is 24.5 Å². The van der Waals surface area contributed by atoms with Crippen LogP contribution in [0.25, 0.3) is 10.7 Å². The molecule has 3 nitrogen and oxygen atoms in total. The number of aliphatic hydroxyl groups excluding tert-OH is 1. The molecular formula is C10H9ClN2OS. The van der Waals surface area contributed by atoms with Gasteiger partial charge in [-0.2, -0.15) is 0 Å². The number of aliphatic hydroxyl groups is 1. The zero-order chi connectivity index (χ0) is 10.8. The monoisotopic (exact) mass is 240 g/mol. The fourth-order valence-electron chi connectivity index (χ4n) is 1.13. The third kappa shape index (κ3) is 2.17. The van der Waals surface area contributed by atoms with Crippen molar-refractivity contribution < 1.29 is 5.11 Å². The Morgan fingerprint density at radius 2 is 2.27 bits per heavy atom. The maximum Gasteiger partial charge on any atom is 0.143 e. The molecule has 0 aliphatic heterocycles. The Bertz CT molecular complexity index is 470. The number of aromatic nitrogens is 2. The van der Waals surface area contributed by atoms with Gasteiger partial charge in [0.25, 0.3) is 0 Å². The number of hydrogen-bond acceptors (Lipinski definition) is 4. The molecule has 0 fully saturated rings. The second-order valence-corrected chi connectivity index (χ2v) is 4.55. The van der Waals surface area contributed by atoms with Gasteiger partial charge in [0.15, 0.2) is 0 Å². The van der Waals surface area contributed by atoms with Gasteiger partial charge >= 0.3 is 0 Å². The Balaban J connectivity index is 2.42. The minimum Gasteiger partial charge on any atom is -0.388 e. The second-order valence-electron chi connectivity index (χ2n) is 3.08. The zero-order valence-electron chi connectivity index (χ0n) is 8.01. The van der Waals surface area contributed by atoms with Crippen LogP contribution >= 0.6 is 22.9 Å². The maximum absolute atomic E-state index is 9.37. The smallest absolute Gasteiger partial charge is 0.143 e. The molecule has 0 bridgehead atoms.